The van der Waals surface area contributed by atoms with E-state index >= 15 is 0 Å². The summed E-state index contributed by atoms with van der Waals surface area (Å²) in [5.41, 5.74) is 11.9. The summed E-state index contributed by atoms with van der Waals surface area (Å²) in [6, 6.07) is 2.52. The second-order valence-corrected chi connectivity index (χ2v) is 11.7. The molecule has 0 radical (unpaired) electrons. The third-order valence-electron chi connectivity index (χ3n) is 9.18. The van der Waals surface area contributed by atoms with Crippen LogP contribution in [0.15, 0.2) is 47.6 Å². The summed E-state index contributed by atoms with van der Waals surface area (Å²) >= 11 is 0. The Kier molecular flexibility index (Phi) is 8.99. The zero-order chi connectivity index (χ0) is 25.0. The summed E-state index contributed by atoms with van der Waals surface area (Å²) in [6.45, 7) is 28.5. The molecule has 2 fully saturated rings. The van der Waals surface area contributed by atoms with Gasteiger partial charge in [0.05, 0.1) is 11.6 Å². The van der Waals surface area contributed by atoms with Crippen molar-refractivity contribution in [1.82, 2.24) is 5.32 Å². The second-order valence-electron chi connectivity index (χ2n) is 11.7. The topological polar surface area (TPSA) is 61.8 Å². The summed E-state index contributed by atoms with van der Waals surface area (Å²) in [7, 11) is 0. The van der Waals surface area contributed by atoms with Crippen LogP contribution in [0.3, 0.4) is 0 Å². The zero-order valence-corrected chi connectivity index (χ0v) is 22.4. The Morgan fingerprint density at radius 2 is 1.91 bits per heavy atom. The van der Waals surface area contributed by atoms with Gasteiger partial charge >= 0.3 is 0 Å². The Bertz CT molecular complexity index is 841. The lowest BCUT2D eigenvalue weighted by molar-refractivity contribution is -0.0742. The highest BCUT2D eigenvalue weighted by molar-refractivity contribution is 5.52. The molecular formula is C30H49N3. The Balaban J connectivity index is 2.57. The van der Waals surface area contributed by atoms with Gasteiger partial charge in [-0.2, -0.15) is 5.26 Å². The third kappa shape index (κ3) is 5.08. The van der Waals surface area contributed by atoms with Crippen LogP contribution in [0.2, 0.25) is 0 Å². The van der Waals surface area contributed by atoms with Crippen LogP contribution in [0.25, 0.3) is 0 Å². The first-order valence-electron chi connectivity index (χ1n) is 13.0. The third-order valence-corrected chi connectivity index (χ3v) is 9.18. The Hall–Kier alpha value is -1.63. The first kappa shape index (κ1) is 27.6. The molecule has 2 saturated carbocycles. The van der Waals surface area contributed by atoms with Gasteiger partial charge in [0.2, 0.25) is 0 Å². The molecule has 33 heavy (non-hydrogen) atoms. The van der Waals surface area contributed by atoms with Crippen LogP contribution in [0.5, 0.6) is 0 Å². The molecule has 0 spiro atoms. The van der Waals surface area contributed by atoms with Crippen LogP contribution in [-0.4, -0.2) is 18.6 Å². The molecule has 0 aromatic rings. The van der Waals surface area contributed by atoms with E-state index in [2.05, 4.69) is 72.7 Å². The Morgan fingerprint density at radius 3 is 2.48 bits per heavy atom. The normalized spacial score (nSPS) is 32.7. The van der Waals surface area contributed by atoms with Crippen molar-refractivity contribution in [2.24, 2.45) is 28.4 Å². The van der Waals surface area contributed by atoms with Crippen molar-refractivity contribution in [3.63, 3.8) is 0 Å². The number of fused-ring (bicyclic) bond motifs is 1. The molecule has 2 rings (SSSR count). The highest BCUT2D eigenvalue weighted by Gasteiger charge is 2.62. The van der Waals surface area contributed by atoms with E-state index in [1.54, 1.807) is 0 Å². The molecule has 2 aliphatic rings. The molecule has 3 N–H and O–H groups in total. The monoisotopic (exact) mass is 451 g/mol. The van der Waals surface area contributed by atoms with Crippen molar-refractivity contribution in [2.75, 3.05) is 13.1 Å². The van der Waals surface area contributed by atoms with E-state index in [9.17, 15) is 5.26 Å². The predicted octanol–water partition coefficient (Wildman–Crippen LogP) is 7.23. The molecule has 0 aromatic heterocycles. The molecule has 3 nitrogen and oxygen atoms in total. The Labute approximate surface area is 204 Å². The average molecular weight is 452 g/mol. The van der Waals surface area contributed by atoms with E-state index in [4.69, 9.17) is 5.73 Å². The fourth-order valence-corrected chi connectivity index (χ4v) is 6.52. The van der Waals surface area contributed by atoms with E-state index in [0.29, 0.717) is 18.4 Å². The van der Waals surface area contributed by atoms with Crippen molar-refractivity contribution < 1.29 is 0 Å². The number of rotatable bonds is 10. The number of nitrogens with two attached hydrogens (primary N) is 1. The van der Waals surface area contributed by atoms with E-state index in [1.807, 2.05) is 0 Å². The SMILES string of the molecule is C=C(CCC)/C(C#N)=C(/CC1(C)C(C)CCC2(C)C(=C)CCCC21N)C(=C)CNCC(C)C. The second kappa shape index (κ2) is 10.7. The molecule has 2 aliphatic carbocycles. The van der Waals surface area contributed by atoms with Crippen molar-refractivity contribution in [3.05, 3.63) is 47.6 Å². The molecular weight excluding hydrogens is 402 g/mol. The maximum Gasteiger partial charge on any atom is 0.0997 e. The first-order valence-corrected chi connectivity index (χ1v) is 13.0. The quantitative estimate of drug-likeness (QED) is 0.209. The van der Waals surface area contributed by atoms with Crippen LogP contribution < -0.4 is 11.1 Å². The van der Waals surface area contributed by atoms with Crippen LogP contribution >= 0.6 is 0 Å². The summed E-state index contributed by atoms with van der Waals surface area (Å²) < 4.78 is 0. The number of nitrogens with zero attached hydrogens (tertiary/aromatic N) is 1. The zero-order valence-electron chi connectivity index (χ0n) is 22.4. The first-order chi connectivity index (χ1) is 15.4. The van der Waals surface area contributed by atoms with Gasteiger partial charge in [-0.25, -0.2) is 0 Å². The van der Waals surface area contributed by atoms with Crippen LogP contribution in [-0.2, 0) is 0 Å². The lowest BCUT2D eigenvalue weighted by atomic mass is 9.42. The van der Waals surface area contributed by atoms with Crippen LogP contribution in [0.4, 0.5) is 0 Å². The van der Waals surface area contributed by atoms with Gasteiger partial charge in [-0.1, -0.05) is 73.3 Å². The van der Waals surface area contributed by atoms with E-state index in [0.717, 1.165) is 80.2 Å². The molecule has 184 valence electrons. The van der Waals surface area contributed by atoms with E-state index in [-0.39, 0.29) is 16.4 Å². The summed E-state index contributed by atoms with van der Waals surface area (Å²) in [6.07, 6.45) is 7.97. The highest BCUT2D eigenvalue weighted by atomic mass is 14.9. The van der Waals surface area contributed by atoms with Gasteiger partial charge in [0.1, 0.15) is 0 Å². The van der Waals surface area contributed by atoms with Gasteiger partial charge in [0, 0.05) is 17.5 Å². The number of nitrogens with one attached hydrogen (secondary N) is 1. The summed E-state index contributed by atoms with van der Waals surface area (Å²) in [4.78, 5) is 0. The van der Waals surface area contributed by atoms with E-state index in [1.165, 1.54) is 5.57 Å². The number of hydrogen-bond donors (Lipinski definition) is 2. The van der Waals surface area contributed by atoms with Crippen molar-refractivity contribution in [2.45, 2.75) is 98.4 Å². The van der Waals surface area contributed by atoms with Gasteiger partial charge in [-0.3, -0.25) is 0 Å². The maximum atomic E-state index is 10.2. The van der Waals surface area contributed by atoms with E-state index < -0.39 is 0 Å². The fourth-order valence-electron chi connectivity index (χ4n) is 6.52. The number of nitriles is 1. The summed E-state index contributed by atoms with van der Waals surface area (Å²) in [5, 5.41) is 13.8. The molecule has 4 atom stereocenters. The molecule has 0 amide bonds. The largest absolute Gasteiger partial charge is 0.324 e. The van der Waals surface area contributed by atoms with Gasteiger partial charge in [0.25, 0.3) is 0 Å². The standard InChI is InChI=1S/C30H49N3/c1-10-12-22(4)27(18-31)26(23(5)20-33-19-21(2)3)17-29(9)25(7)14-16-28(8)24(6)13-11-15-30(28,29)32/h21,25,33H,4-6,10-17,19-20,32H2,1-3,7-9H3/b27-26-. The average Bonchev–Trinajstić information content (AvgIpc) is 2.74. The van der Waals surface area contributed by atoms with Crippen LogP contribution in [0.1, 0.15) is 92.9 Å². The highest BCUT2D eigenvalue weighted by Crippen LogP contribution is 2.64. The lowest BCUT2D eigenvalue weighted by Gasteiger charge is -2.65. The minimum absolute atomic E-state index is 0.0674. The molecule has 0 aliphatic heterocycles. The number of allylic oxidation sites excluding steroid dienone is 2. The van der Waals surface area contributed by atoms with Crippen LogP contribution in [0, 0.1) is 34.0 Å². The van der Waals surface area contributed by atoms with Crippen molar-refractivity contribution >= 4 is 0 Å². The smallest absolute Gasteiger partial charge is 0.0997 e. The molecule has 3 heteroatoms. The lowest BCUT2D eigenvalue weighted by Crippen LogP contribution is -2.70. The molecule has 0 bridgehead atoms. The fraction of sp³-hybridized carbons (Fsp3) is 0.700. The molecule has 4 unspecified atom stereocenters. The van der Waals surface area contributed by atoms with Crippen molar-refractivity contribution in [1.29, 1.82) is 5.26 Å². The molecule has 0 heterocycles. The predicted molar refractivity (Wildman–Crippen MR) is 143 cm³/mol. The molecule has 0 aromatic carbocycles. The molecule has 0 saturated heterocycles. The minimum atomic E-state index is -0.351. The number of hydrogen-bond acceptors (Lipinski definition) is 3. The Morgan fingerprint density at radius 1 is 1.24 bits per heavy atom. The van der Waals surface area contributed by atoms with Gasteiger partial charge < -0.3 is 11.1 Å². The van der Waals surface area contributed by atoms with Crippen molar-refractivity contribution in [3.8, 4) is 6.07 Å². The van der Waals surface area contributed by atoms with Gasteiger partial charge in [-0.05, 0) is 85.5 Å². The maximum absolute atomic E-state index is 10.2. The summed E-state index contributed by atoms with van der Waals surface area (Å²) in [5.74, 6) is 1.01. The van der Waals surface area contributed by atoms with Gasteiger partial charge in [-0.15, -0.1) is 0 Å². The minimum Gasteiger partial charge on any atom is -0.324 e. The van der Waals surface area contributed by atoms with Gasteiger partial charge in [0.15, 0.2) is 0 Å².